The molecule has 2 aromatic rings. The van der Waals surface area contributed by atoms with Gasteiger partial charge in [-0.2, -0.15) is 0 Å². The summed E-state index contributed by atoms with van der Waals surface area (Å²) in [6.07, 6.45) is 5.22. The Morgan fingerprint density at radius 3 is 2.78 bits per heavy atom. The molecular formula is C15H18N2O. The van der Waals surface area contributed by atoms with Crippen LogP contribution in [-0.2, 0) is 0 Å². The fourth-order valence-corrected chi connectivity index (χ4v) is 2.62. The van der Waals surface area contributed by atoms with Crippen molar-refractivity contribution in [2.45, 2.75) is 38.7 Å². The third kappa shape index (κ3) is 2.13. The Morgan fingerprint density at radius 2 is 2.00 bits per heavy atom. The third-order valence-corrected chi connectivity index (χ3v) is 3.52. The first kappa shape index (κ1) is 11.3. The van der Waals surface area contributed by atoms with Crippen molar-refractivity contribution in [2.24, 2.45) is 0 Å². The Morgan fingerprint density at radius 1 is 1.22 bits per heavy atom. The SMILES string of the molecule is Cc1cc(OC2CCCC2)c2cc(N)ccc2n1. The van der Waals surface area contributed by atoms with Crippen LogP contribution in [0.3, 0.4) is 0 Å². The molecule has 0 bridgehead atoms. The van der Waals surface area contributed by atoms with Crippen molar-refractivity contribution < 1.29 is 4.74 Å². The summed E-state index contributed by atoms with van der Waals surface area (Å²) in [4.78, 5) is 4.52. The molecular weight excluding hydrogens is 224 g/mol. The van der Waals surface area contributed by atoms with Gasteiger partial charge in [0.15, 0.2) is 0 Å². The van der Waals surface area contributed by atoms with Crippen LogP contribution in [0.2, 0.25) is 0 Å². The van der Waals surface area contributed by atoms with E-state index in [9.17, 15) is 0 Å². The van der Waals surface area contributed by atoms with Gasteiger partial charge in [-0.15, -0.1) is 0 Å². The lowest BCUT2D eigenvalue weighted by atomic mass is 10.1. The molecule has 3 heteroatoms. The van der Waals surface area contributed by atoms with E-state index in [4.69, 9.17) is 10.5 Å². The van der Waals surface area contributed by atoms with Crippen molar-refractivity contribution in [1.29, 1.82) is 0 Å². The zero-order valence-electron chi connectivity index (χ0n) is 10.6. The number of hydrogen-bond acceptors (Lipinski definition) is 3. The first-order chi connectivity index (χ1) is 8.72. The lowest BCUT2D eigenvalue weighted by Gasteiger charge is -2.15. The number of nitrogens with two attached hydrogens (primary N) is 1. The van der Waals surface area contributed by atoms with Crippen molar-refractivity contribution in [3.63, 3.8) is 0 Å². The summed E-state index contributed by atoms with van der Waals surface area (Å²) in [5.74, 6) is 0.928. The zero-order valence-corrected chi connectivity index (χ0v) is 10.6. The highest BCUT2D eigenvalue weighted by Crippen LogP contribution is 2.31. The minimum Gasteiger partial charge on any atom is -0.490 e. The number of rotatable bonds is 2. The fraction of sp³-hybridized carbons (Fsp3) is 0.400. The van der Waals surface area contributed by atoms with Gasteiger partial charge < -0.3 is 10.5 Å². The monoisotopic (exact) mass is 242 g/mol. The van der Waals surface area contributed by atoms with E-state index in [0.717, 1.165) is 40.9 Å². The Bertz CT molecular complexity index is 574. The van der Waals surface area contributed by atoms with Crippen molar-refractivity contribution in [3.05, 3.63) is 30.0 Å². The van der Waals surface area contributed by atoms with E-state index in [1.165, 1.54) is 12.8 Å². The van der Waals surface area contributed by atoms with E-state index in [1.807, 2.05) is 31.2 Å². The minimum atomic E-state index is 0.358. The molecule has 0 saturated heterocycles. The summed E-state index contributed by atoms with van der Waals surface area (Å²) in [6, 6.07) is 7.81. The Balaban J connectivity index is 2.05. The zero-order chi connectivity index (χ0) is 12.5. The van der Waals surface area contributed by atoms with Gasteiger partial charge in [-0.1, -0.05) is 0 Å². The summed E-state index contributed by atoms with van der Waals surface area (Å²) in [5.41, 5.74) is 8.55. The maximum Gasteiger partial charge on any atom is 0.130 e. The van der Waals surface area contributed by atoms with Crippen LogP contribution in [0.1, 0.15) is 31.4 Å². The highest BCUT2D eigenvalue weighted by atomic mass is 16.5. The van der Waals surface area contributed by atoms with Crippen LogP contribution in [0.4, 0.5) is 5.69 Å². The summed E-state index contributed by atoms with van der Waals surface area (Å²) in [5, 5.41) is 1.02. The number of pyridine rings is 1. The Labute approximate surface area is 107 Å². The van der Waals surface area contributed by atoms with Gasteiger partial charge in [0, 0.05) is 22.8 Å². The lowest BCUT2D eigenvalue weighted by Crippen LogP contribution is -2.11. The van der Waals surface area contributed by atoms with Gasteiger partial charge in [-0.25, -0.2) is 0 Å². The normalized spacial score (nSPS) is 16.3. The molecule has 0 atom stereocenters. The number of ether oxygens (including phenoxy) is 1. The highest BCUT2D eigenvalue weighted by Gasteiger charge is 2.18. The number of nitrogen functional groups attached to an aromatic ring is 1. The largest absolute Gasteiger partial charge is 0.490 e. The lowest BCUT2D eigenvalue weighted by molar-refractivity contribution is 0.212. The van der Waals surface area contributed by atoms with E-state index in [1.54, 1.807) is 0 Å². The van der Waals surface area contributed by atoms with Crippen LogP contribution in [0.15, 0.2) is 24.3 Å². The molecule has 2 N–H and O–H groups in total. The number of hydrogen-bond donors (Lipinski definition) is 1. The topological polar surface area (TPSA) is 48.1 Å². The molecule has 94 valence electrons. The van der Waals surface area contributed by atoms with Crippen LogP contribution in [0, 0.1) is 6.92 Å². The molecule has 0 amide bonds. The number of aromatic nitrogens is 1. The molecule has 3 nitrogen and oxygen atoms in total. The van der Waals surface area contributed by atoms with Crippen molar-refractivity contribution in [2.75, 3.05) is 5.73 Å². The molecule has 0 spiro atoms. The Kier molecular flexibility index (Phi) is 2.82. The average molecular weight is 242 g/mol. The summed E-state index contributed by atoms with van der Waals surface area (Å²) in [7, 11) is 0. The number of benzene rings is 1. The number of nitrogens with zero attached hydrogens (tertiary/aromatic N) is 1. The second-order valence-corrected chi connectivity index (χ2v) is 5.06. The molecule has 3 rings (SSSR count). The van der Waals surface area contributed by atoms with E-state index in [-0.39, 0.29) is 0 Å². The molecule has 18 heavy (non-hydrogen) atoms. The van der Waals surface area contributed by atoms with Crippen molar-refractivity contribution >= 4 is 16.6 Å². The molecule has 1 aromatic heterocycles. The smallest absolute Gasteiger partial charge is 0.130 e. The molecule has 1 fully saturated rings. The first-order valence-corrected chi connectivity index (χ1v) is 6.56. The van der Waals surface area contributed by atoms with Gasteiger partial charge in [0.2, 0.25) is 0 Å². The quantitative estimate of drug-likeness (QED) is 0.820. The standard InChI is InChI=1S/C15H18N2O/c1-10-8-15(18-12-4-2-3-5-12)13-9-11(16)6-7-14(13)17-10/h6-9,12H,2-5,16H2,1H3. The molecule has 1 saturated carbocycles. The predicted octanol–water partition coefficient (Wildman–Crippen LogP) is 3.45. The van der Waals surface area contributed by atoms with Gasteiger partial charge in [0.1, 0.15) is 5.75 Å². The van der Waals surface area contributed by atoms with Crippen LogP contribution < -0.4 is 10.5 Å². The van der Waals surface area contributed by atoms with Crippen LogP contribution >= 0.6 is 0 Å². The molecule has 0 radical (unpaired) electrons. The second kappa shape index (κ2) is 4.48. The first-order valence-electron chi connectivity index (χ1n) is 6.56. The minimum absolute atomic E-state index is 0.358. The van der Waals surface area contributed by atoms with Gasteiger partial charge in [0.05, 0.1) is 11.6 Å². The van der Waals surface area contributed by atoms with Crippen LogP contribution in [0.25, 0.3) is 10.9 Å². The summed E-state index contributed by atoms with van der Waals surface area (Å²) in [6.45, 7) is 2.00. The Hall–Kier alpha value is -1.77. The van der Waals surface area contributed by atoms with E-state index in [2.05, 4.69) is 4.98 Å². The molecule has 1 aliphatic carbocycles. The maximum absolute atomic E-state index is 6.13. The van der Waals surface area contributed by atoms with Crippen molar-refractivity contribution in [1.82, 2.24) is 4.98 Å². The van der Waals surface area contributed by atoms with Gasteiger partial charge in [-0.3, -0.25) is 4.98 Å². The number of fused-ring (bicyclic) bond motifs is 1. The molecule has 1 aliphatic rings. The second-order valence-electron chi connectivity index (χ2n) is 5.06. The van der Waals surface area contributed by atoms with Gasteiger partial charge in [-0.05, 0) is 50.8 Å². The molecule has 0 unspecified atom stereocenters. The molecule has 1 aromatic carbocycles. The predicted molar refractivity (Wildman–Crippen MR) is 73.8 cm³/mol. The van der Waals surface area contributed by atoms with E-state index in [0.29, 0.717) is 6.10 Å². The third-order valence-electron chi connectivity index (χ3n) is 3.52. The highest BCUT2D eigenvalue weighted by molar-refractivity contribution is 5.87. The number of aryl methyl sites for hydroxylation is 1. The maximum atomic E-state index is 6.13. The van der Waals surface area contributed by atoms with Gasteiger partial charge >= 0.3 is 0 Å². The summed E-state index contributed by atoms with van der Waals surface area (Å²) >= 11 is 0. The van der Waals surface area contributed by atoms with Crippen LogP contribution in [-0.4, -0.2) is 11.1 Å². The van der Waals surface area contributed by atoms with Gasteiger partial charge in [0.25, 0.3) is 0 Å². The van der Waals surface area contributed by atoms with E-state index >= 15 is 0 Å². The molecule has 0 aliphatic heterocycles. The van der Waals surface area contributed by atoms with E-state index < -0.39 is 0 Å². The fourth-order valence-electron chi connectivity index (χ4n) is 2.62. The number of anilines is 1. The summed E-state index contributed by atoms with van der Waals surface area (Å²) < 4.78 is 6.13. The molecule has 1 heterocycles. The average Bonchev–Trinajstić information content (AvgIpc) is 2.83. The van der Waals surface area contributed by atoms with Crippen molar-refractivity contribution in [3.8, 4) is 5.75 Å². The van der Waals surface area contributed by atoms with Crippen LogP contribution in [0.5, 0.6) is 5.75 Å².